The van der Waals surface area contributed by atoms with Crippen LogP contribution in [0.25, 0.3) is 0 Å². The second kappa shape index (κ2) is 6.47. The van der Waals surface area contributed by atoms with Gasteiger partial charge in [-0.05, 0) is 41.4 Å². The first-order valence-corrected chi connectivity index (χ1v) is 10.4. The Balaban J connectivity index is 2.17. The first-order valence-electron chi connectivity index (χ1n) is 10.4. The van der Waals surface area contributed by atoms with Gasteiger partial charge in [-0.3, -0.25) is 4.79 Å². The Morgan fingerprint density at radius 1 is 1.16 bits per heavy atom. The number of para-hydroxylation sites is 1. The van der Waals surface area contributed by atoms with Gasteiger partial charge in [-0.25, -0.2) is 0 Å². The number of fused-ring (bicyclic) bond motifs is 4. The molecule has 0 bridgehead atoms. The van der Waals surface area contributed by atoms with Crippen LogP contribution in [0, 0.1) is 56.7 Å². The van der Waals surface area contributed by atoms with Crippen LogP contribution in [-0.4, -0.2) is 13.0 Å². The Labute approximate surface area is 182 Å². The van der Waals surface area contributed by atoms with Crippen molar-refractivity contribution in [1.29, 1.82) is 15.8 Å². The molecule has 3 atom stereocenters. The lowest BCUT2D eigenvalue weighted by Crippen LogP contribution is -2.61. The van der Waals surface area contributed by atoms with Gasteiger partial charge in [0, 0.05) is 18.7 Å². The molecule has 1 aromatic carbocycles. The highest BCUT2D eigenvalue weighted by atomic mass is 16.2. The van der Waals surface area contributed by atoms with Crippen molar-refractivity contribution in [2.45, 2.75) is 39.0 Å². The smallest absolute Gasteiger partial charge is 0.241 e. The number of benzene rings is 1. The number of nitrogens with zero attached hydrogens (tertiary/aromatic N) is 4. The van der Waals surface area contributed by atoms with Gasteiger partial charge in [-0.15, -0.1) is 0 Å². The van der Waals surface area contributed by atoms with Crippen molar-refractivity contribution >= 4 is 11.6 Å². The summed E-state index contributed by atoms with van der Waals surface area (Å²) in [6.07, 6.45) is 3.35. The monoisotopic (exact) mass is 411 g/mol. The van der Waals surface area contributed by atoms with Crippen LogP contribution < -0.4 is 10.6 Å². The lowest BCUT2D eigenvalue weighted by atomic mass is 9.46. The topological polar surface area (TPSA) is 118 Å². The standard InChI is InChI=1S/C25H25N5O/c1-23(2,3)15-9-10-16-17(12-26)21(29)24(13-27,14-28)25(19(16)11-15)18-7-5-6-8-20(18)30(4)22(25)31/h5-8,10,15,19H,9,11,29H2,1-4H3/t15-,19+,25-/m1/s1. The molecule has 2 aliphatic carbocycles. The quantitative estimate of drug-likeness (QED) is 0.698. The van der Waals surface area contributed by atoms with Crippen LogP contribution >= 0.6 is 0 Å². The molecule has 0 saturated carbocycles. The average Bonchev–Trinajstić information content (AvgIpc) is 2.98. The number of carbonyl (C=O) groups is 1. The highest BCUT2D eigenvalue weighted by Crippen LogP contribution is 2.65. The number of amides is 1. The van der Waals surface area contributed by atoms with E-state index in [0.29, 0.717) is 23.2 Å². The summed E-state index contributed by atoms with van der Waals surface area (Å²) in [4.78, 5) is 15.6. The van der Waals surface area contributed by atoms with Crippen LogP contribution in [0.5, 0.6) is 0 Å². The summed E-state index contributed by atoms with van der Waals surface area (Å²) in [5, 5.41) is 30.8. The molecule has 156 valence electrons. The summed E-state index contributed by atoms with van der Waals surface area (Å²) in [6.45, 7) is 6.46. The summed E-state index contributed by atoms with van der Waals surface area (Å²) >= 11 is 0. The lowest BCUT2D eigenvalue weighted by molar-refractivity contribution is -0.127. The summed E-state index contributed by atoms with van der Waals surface area (Å²) in [7, 11) is 1.67. The Hall–Kier alpha value is -3.56. The zero-order valence-corrected chi connectivity index (χ0v) is 18.2. The van der Waals surface area contributed by atoms with E-state index < -0.39 is 16.7 Å². The molecule has 31 heavy (non-hydrogen) atoms. The normalized spacial score (nSPS) is 28.9. The van der Waals surface area contributed by atoms with Crippen molar-refractivity contribution in [2.24, 2.45) is 28.4 Å². The van der Waals surface area contributed by atoms with E-state index in [9.17, 15) is 20.6 Å². The molecule has 6 heteroatoms. The maximum Gasteiger partial charge on any atom is 0.241 e. The van der Waals surface area contributed by atoms with Gasteiger partial charge in [-0.1, -0.05) is 45.0 Å². The van der Waals surface area contributed by atoms with Crippen molar-refractivity contribution < 1.29 is 4.79 Å². The van der Waals surface area contributed by atoms with Crippen molar-refractivity contribution in [1.82, 2.24) is 0 Å². The number of nitriles is 3. The lowest BCUT2D eigenvalue weighted by Gasteiger charge is -2.52. The highest BCUT2D eigenvalue weighted by molar-refractivity contribution is 6.10. The largest absolute Gasteiger partial charge is 0.399 e. The minimum absolute atomic E-state index is 0.0439. The number of allylic oxidation sites excluding steroid dienone is 4. The minimum atomic E-state index is -1.97. The van der Waals surface area contributed by atoms with Crippen LogP contribution in [0.15, 0.2) is 47.2 Å². The predicted molar refractivity (Wildman–Crippen MR) is 116 cm³/mol. The molecular formula is C25H25N5O. The fourth-order valence-electron chi connectivity index (χ4n) is 5.86. The molecular weight excluding hydrogens is 386 g/mol. The van der Waals surface area contributed by atoms with Gasteiger partial charge < -0.3 is 10.6 Å². The van der Waals surface area contributed by atoms with E-state index in [1.165, 1.54) is 4.90 Å². The third kappa shape index (κ3) is 2.27. The van der Waals surface area contributed by atoms with Crippen molar-refractivity contribution in [3.05, 3.63) is 52.7 Å². The van der Waals surface area contributed by atoms with Crippen molar-refractivity contribution in [2.75, 3.05) is 11.9 Å². The van der Waals surface area contributed by atoms with Crippen LogP contribution in [0.4, 0.5) is 5.69 Å². The number of nitrogens with two attached hydrogens (primary N) is 1. The van der Waals surface area contributed by atoms with Crippen LogP contribution in [0.1, 0.15) is 39.2 Å². The van der Waals surface area contributed by atoms with Gasteiger partial charge in [0.05, 0.1) is 23.4 Å². The van der Waals surface area contributed by atoms with Gasteiger partial charge in [0.25, 0.3) is 0 Å². The van der Waals surface area contributed by atoms with Gasteiger partial charge in [-0.2, -0.15) is 15.8 Å². The molecule has 0 saturated heterocycles. The number of likely N-dealkylation sites (N-methyl/N-ethyl adjacent to an activating group) is 1. The summed E-state index contributed by atoms with van der Waals surface area (Å²) in [5.41, 5.74) is 4.98. The van der Waals surface area contributed by atoms with Gasteiger partial charge in [0.15, 0.2) is 0 Å². The number of hydrogen-bond acceptors (Lipinski definition) is 5. The molecule has 1 aliphatic heterocycles. The maximum absolute atomic E-state index is 14.1. The minimum Gasteiger partial charge on any atom is -0.399 e. The van der Waals surface area contributed by atoms with E-state index in [1.54, 1.807) is 7.05 Å². The van der Waals surface area contributed by atoms with Gasteiger partial charge in [0.1, 0.15) is 11.5 Å². The molecule has 2 N–H and O–H groups in total. The van der Waals surface area contributed by atoms with E-state index in [0.717, 1.165) is 6.42 Å². The molecule has 0 unspecified atom stereocenters. The third-order valence-corrected chi connectivity index (χ3v) is 7.60. The summed E-state index contributed by atoms with van der Waals surface area (Å²) in [6, 6.07) is 13.7. The molecule has 1 spiro atoms. The average molecular weight is 412 g/mol. The SMILES string of the molecule is CN1C(=O)[C@@]2(c3ccccc31)[C@H]1C[C@H](C(C)(C)C)CC=C1C(C#N)=C(N)C2(C#N)C#N. The van der Waals surface area contributed by atoms with E-state index in [4.69, 9.17) is 5.73 Å². The van der Waals surface area contributed by atoms with Crippen LogP contribution in [0.2, 0.25) is 0 Å². The van der Waals surface area contributed by atoms with Crippen LogP contribution in [-0.2, 0) is 10.2 Å². The molecule has 0 fully saturated rings. The van der Waals surface area contributed by atoms with Crippen LogP contribution in [0.3, 0.4) is 0 Å². The first kappa shape index (κ1) is 20.7. The fourth-order valence-corrected chi connectivity index (χ4v) is 5.86. The number of carbonyl (C=O) groups excluding carboxylic acids is 1. The fraction of sp³-hybridized carbons (Fsp3) is 0.440. The van der Waals surface area contributed by atoms with E-state index in [2.05, 4.69) is 39.0 Å². The van der Waals surface area contributed by atoms with Gasteiger partial charge in [0.2, 0.25) is 11.3 Å². The Bertz CT molecular complexity index is 1170. The van der Waals surface area contributed by atoms with Crippen molar-refractivity contribution in [3.63, 3.8) is 0 Å². The van der Waals surface area contributed by atoms with Crippen molar-refractivity contribution in [3.8, 4) is 18.2 Å². The molecule has 6 nitrogen and oxygen atoms in total. The second-order valence-electron chi connectivity index (χ2n) is 9.81. The summed E-state index contributed by atoms with van der Waals surface area (Å²) in [5.74, 6) is -0.592. The second-order valence-corrected chi connectivity index (χ2v) is 9.81. The Morgan fingerprint density at radius 3 is 2.39 bits per heavy atom. The van der Waals surface area contributed by atoms with E-state index in [1.807, 2.05) is 30.3 Å². The van der Waals surface area contributed by atoms with E-state index in [-0.39, 0.29) is 28.5 Å². The predicted octanol–water partition coefficient (Wildman–Crippen LogP) is 3.68. The zero-order valence-electron chi connectivity index (χ0n) is 18.2. The molecule has 0 radical (unpaired) electrons. The molecule has 1 heterocycles. The molecule has 1 amide bonds. The van der Waals surface area contributed by atoms with E-state index >= 15 is 0 Å². The summed E-state index contributed by atoms with van der Waals surface area (Å²) < 4.78 is 0. The first-order chi connectivity index (χ1) is 14.6. The molecule has 4 rings (SSSR count). The molecule has 0 aromatic heterocycles. The number of hydrogen-bond donors (Lipinski definition) is 1. The van der Waals surface area contributed by atoms with Gasteiger partial charge >= 0.3 is 0 Å². The Kier molecular flexibility index (Phi) is 4.32. The number of anilines is 1. The molecule has 1 aromatic rings. The maximum atomic E-state index is 14.1. The number of rotatable bonds is 0. The zero-order chi connectivity index (χ0) is 22.8. The Morgan fingerprint density at radius 2 is 1.81 bits per heavy atom. The third-order valence-electron chi connectivity index (χ3n) is 7.60. The molecule has 3 aliphatic rings. The highest BCUT2D eigenvalue weighted by Gasteiger charge is 2.72.